The number of nitrogens with one attached hydrogen (secondary N) is 2. The molecule has 1 aliphatic heterocycles. The topological polar surface area (TPSA) is 105 Å². The molecule has 1 aliphatic rings. The third kappa shape index (κ3) is 4.50. The van der Waals surface area contributed by atoms with E-state index in [1.165, 1.54) is 24.3 Å². The number of nitrogens with two attached hydrogens (primary N) is 1. The Kier molecular flexibility index (Phi) is 4.94. The molecule has 0 bridgehead atoms. The summed E-state index contributed by atoms with van der Waals surface area (Å²) in [6, 6.07) is 6.11. The zero-order valence-corrected chi connectivity index (χ0v) is 12.7. The molecule has 1 amide bonds. The number of amides is 1. The van der Waals surface area contributed by atoms with Gasteiger partial charge in [-0.05, 0) is 31.2 Å². The molecule has 1 fully saturated rings. The van der Waals surface area contributed by atoms with Crippen LogP contribution >= 0.6 is 0 Å². The van der Waals surface area contributed by atoms with Gasteiger partial charge in [-0.25, -0.2) is 13.6 Å². The van der Waals surface area contributed by atoms with Crippen molar-refractivity contribution in [2.45, 2.75) is 17.9 Å². The summed E-state index contributed by atoms with van der Waals surface area (Å²) in [6.45, 7) is 4.97. The first-order chi connectivity index (χ1) is 9.86. The number of hydrogen-bond donors (Lipinski definition) is 3. The monoisotopic (exact) mass is 312 g/mol. The second kappa shape index (κ2) is 6.52. The average Bonchev–Trinajstić information content (AvgIpc) is 2.41. The van der Waals surface area contributed by atoms with Gasteiger partial charge in [0.15, 0.2) is 0 Å². The third-order valence-electron chi connectivity index (χ3n) is 3.45. The number of piperazine rings is 1. The van der Waals surface area contributed by atoms with Gasteiger partial charge in [0.1, 0.15) is 0 Å². The average molecular weight is 312 g/mol. The molecular weight excluding hydrogens is 292 g/mol. The van der Waals surface area contributed by atoms with Gasteiger partial charge < -0.3 is 10.6 Å². The Balaban J connectivity index is 1.93. The van der Waals surface area contributed by atoms with Crippen LogP contribution in [0.25, 0.3) is 0 Å². The molecule has 0 unspecified atom stereocenters. The second-order valence-corrected chi connectivity index (χ2v) is 6.70. The van der Waals surface area contributed by atoms with Crippen LogP contribution in [0.5, 0.6) is 0 Å². The predicted octanol–water partition coefficient (Wildman–Crippen LogP) is -0.434. The van der Waals surface area contributed by atoms with Gasteiger partial charge in [0.25, 0.3) is 0 Å². The molecule has 1 saturated heterocycles. The van der Waals surface area contributed by atoms with Crippen molar-refractivity contribution < 1.29 is 13.2 Å². The van der Waals surface area contributed by atoms with Crippen molar-refractivity contribution in [2.75, 3.05) is 31.5 Å². The van der Waals surface area contributed by atoms with Gasteiger partial charge in [-0.3, -0.25) is 9.69 Å². The van der Waals surface area contributed by atoms with E-state index in [4.69, 9.17) is 5.14 Å². The fraction of sp³-hybridized carbons (Fsp3) is 0.462. The van der Waals surface area contributed by atoms with Crippen molar-refractivity contribution in [3.63, 3.8) is 0 Å². The van der Waals surface area contributed by atoms with E-state index in [1.807, 2.05) is 0 Å². The molecular formula is C13H20N4O3S. The van der Waals surface area contributed by atoms with Crippen molar-refractivity contribution in [1.82, 2.24) is 10.2 Å². The zero-order chi connectivity index (χ0) is 15.5. The molecule has 8 heteroatoms. The number of primary sulfonamides is 1. The third-order valence-corrected chi connectivity index (χ3v) is 4.38. The van der Waals surface area contributed by atoms with E-state index >= 15 is 0 Å². The minimum atomic E-state index is -3.71. The summed E-state index contributed by atoms with van der Waals surface area (Å²) in [6.07, 6.45) is 0. The molecule has 116 valence electrons. The van der Waals surface area contributed by atoms with E-state index < -0.39 is 10.0 Å². The van der Waals surface area contributed by atoms with Gasteiger partial charge >= 0.3 is 0 Å². The summed E-state index contributed by atoms with van der Waals surface area (Å²) in [5.41, 5.74) is 0.551. The fourth-order valence-electron chi connectivity index (χ4n) is 2.23. The lowest BCUT2D eigenvalue weighted by Gasteiger charge is -2.33. The predicted molar refractivity (Wildman–Crippen MR) is 80.3 cm³/mol. The lowest BCUT2D eigenvalue weighted by Crippen LogP contribution is -2.51. The Hall–Kier alpha value is -1.48. The molecule has 2 rings (SSSR count). The number of anilines is 1. The van der Waals surface area contributed by atoms with Crippen molar-refractivity contribution >= 4 is 21.6 Å². The lowest BCUT2D eigenvalue weighted by molar-refractivity contribution is -0.118. The molecule has 1 aromatic carbocycles. The van der Waals surface area contributed by atoms with Crippen molar-refractivity contribution in [3.8, 4) is 0 Å². The Labute approximate surface area is 124 Å². The summed E-state index contributed by atoms with van der Waals surface area (Å²) in [5, 5.41) is 11.0. The molecule has 21 heavy (non-hydrogen) atoms. The Bertz CT molecular complexity index is 600. The van der Waals surface area contributed by atoms with Gasteiger partial charge in [0.2, 0.25) is 15.9 Å². The molecule has 1 aromatic rings. The van der Waals surface area contributed by atoms with Crippen LogP contribution in [0.1, 0.15) is 6.92 Å². The maximum Gasteiger partial charge on any atom is 0.238 e. The molecule has 4 N–H and O–H groups in total. The zero-order valence-electron chi connectivity index (χ0n) is 11.9. The van der Waals surface area contributed by atoms with Gasteiger partial charge in [0.05, 0.1) is 11.4 Å². The number of hydrogen-bond acceptors (Lipinski definition) is 5. The summed E-state index contributed by atoms with van der Waals surface area (Å²) in [5.74, 6) is -0.118. The van der Waals surface area contributed by atoms with Crippen LogP contribution in [-0.2, 0) is 14.8 Å². The van der Waals surface area contributed by atoms with Gasteiger partial charge in [0, 0.05) is 31.4 Å². The number of carbonyl (C=O) groups is 1. The maximum absolute atomic E-state index is 12.0. The number of nitrogens with zero attached hydrogens (tertiary/aromatic N) is 1. The highest BCUT2D eigenvalue weighted by molar-refractivity contribution is 7.89. The Morgan fingerprint density at radius 2 is 2.10 bits per heavy atom. The highest BCUT2D eigenvalue weighted by Gasteiger charge is 2.20. The standard InChI is InChI=1S/C13H20N4O3S/c1-10-8-15-6-7-17(10)9-13(18)16-11-2-4-12(5-3-11)21(14,19)20/h2-5,10,15H,6-9H2,1H3,(H,16,18)(H2,14,19,20)/t10-/m1/s1. The molecule has 0 aromatic heterocycles. The van der Waals surface area contributed by atoms with Crippen molar-refractivity contribution in [2.24, 2.45) is 5.14 Å². The molecule has 0 aliphatic carbocycles. The SMILES string of the molecule is C[C@@H]1CNCCN1CC(=O)Nc1ccc(S(N)(=O)=O)cc1. The smallest absolute Gasteiger partial charge is 0.238 e. The number of carbonyl (C=O) groups excluding carboxylic acids is 1. The maximum atomic E-state index is 12.0. The highest BCUT2D eigenvalue weighted by atomic mass is 32.2. The number of benzene rings is 1. The highest BCUT2D eigenvalue weighted by Crippen LogP contribution is 2.13. The van der Waals surface area contributed by atoms with Crippen LogP contribution < -0.4 is 15.8 Å². The minimum absolute atomic E-state index is 0.0243. The molecule has 1 heterocycles. The summed E-state index contributed by atoms with van der Waals surface area (Å²) in [4.78, 5) is 14.1. The molecule has 1 atom stereocenters. The van der Waals surface area contributed by atoms with E-state index in [0.717, 1.165) is 19.6 Å². The molecule has 0 spiro atoms. The normalized spacial score (nSPS) is 20.2. The van der Waals surface area contributed by atoms with Crippen molar-refractivity contribution in [3.05, 3.63) is 24.3 Å². The number of sulfonamides is 1. The summed E-state index contributed by atoms with van der Waals surface area (Å²) < 4.78 is 22.3. The summed E-state index contributed by atoms with van der Waals surface area (Å²) >= 11 is 0. The molecule has 0 saturated carbocycles. The van der Waals surface area contributed by atoms with Crippen LogP contribution in [0.15, 0.2) is 29.2 Å². The Morgan fingerprint density at radius 1 is 1.43 bits per heavy atom. The largest absolute Gasteiger partial charge is 0.325 e. The van der Waals surface area contributed by atoms with Crippen LogP contribution in [0.3, 0.4) is 0 Å². The first-order valence-electron chi connectivity index (χ1n) is 6.74. The Morgan fingerprint density at radius 3 is 2.67 bits per heavy atom. The molecule has 7 nitrogen and oxygen atoms in total. The lowest BCUT2D eigenvalue weighted by atomic mass is 10.2. The second-order valence-electron chi connectivity index (χ2n) is 5.14. The minimum Gasteiger partial charge on any atom is -0.325 e. The van der Waals surface area contributed by atoms with E-state index in [-0.39, 0.29) is 10.8 Å². The molecule has 0 radical (unpaired) electrons. The van der Waals surface area contributed by atoms with E-state index in [0.29, 0.717) is 18.3 Å². The van der Waals surface area contributed by atoms with Gasteiger partial charge in [-0.15, -0.1) is 0 Å². The quantitative estimate of drug-likeness (QED) is 0.699. The fourth-order valence-corrected chi connectivity index (χ4v) is 2.75. The van der Waals surface area contributed by atoms with Gasteiger partial charge in [-0.1, -0.05) is 0 Å². The van der Waals surface area contributed by atoms with Crippen molar-refractivity contribution in [1.29, 1.82) is 0 Å². The van der Waals surface area contributed by atoms with Crippen LogP contribution in [0, 0.1) is 0 Å². The van der Waals surface area contributed by atoms with Crippen LogP contribution in [0.4, 0.5) is 5.69 Å². The van der Waals surface area contributed by atoms with Crippen LogP contribution in [-0.4, -0.2) is 51.4 Å². The van der Waals surface area contributed by atoms with E-state index in [9.17, 15) is 13.2 Å². The van der Waals surface area contributed by atoms with Crippen LogP contribution in [0.2, 0.25) is 0 Å². The first-order valence-corrected chi connectivity index (χ1v) is 8.28. The number of rotatable bonds is 4. The van der Waals surface area contributed by atoms with E-state index in [1.54, 1.807) is 0 Å². The van der Waals surface area contributed by atoms with Gasteiger partial charge in [-0.2, -0.15) is 0 Å². The first kappa shape index (κ1) is 15.9. The summed E-state index contributed by atoms with van der Waals surface area (Å²) in [7, 11) is -3.71. The van der Waals surface area contributed by atoms with E-state index in [2.05, 4.69) is 22.5 Å².